The average Bonchev–Trinajstić information content (AvgIpc) is 3.58. The van der Waals surface area contributed by atoms with Crippen LogP contribution in [0.2, 0.25) is 0 Å². The van der Waals surface area contributed by atoms with Crippen molar-refractivity contribution in [3.8, 4) is 39.1 Å². The van der Waals surface area contributed by atoms with Crippen LogP contribution in [0.5, 0.6) is 0 Å². The molecule has 1 aromatic heterocycles. The van der Waals surface area contributed by atoms with Crippen LogP contribution in [0.1, 0.15) is 0 Å². The van der Waals surface area contributed by atoms with Gasteiger partial charge in [0.05, 0.1) is 28.1 Å². The summed E-state index contributed by atoms with van der Waals surface area (Å²) < 4.78 is 2.48. The highest BCUT2D eigenvalue weighted by atomic mass is 15.1. The van der Waals surface area contributed by atoms with Crippen molar-refractivity contribution in [2.45, 2.75) is 0 Å². The fourth-order valence-corrected chi connectivity index (χ4v) is 8.09. The maximum absolute atomic E-state index is 2.48. The molecule has 10 aromatic rings. The van der Waals surface area contributed by atoms with Crippen molar-refractivity contribution in [2.75, 3.05) is 4.90 Å². The summed E-state index contributed by atoms with van der Waals surface area (Å²) in [5.74, 6) is 0. The Kier molecular flexibility index (Phi) is 7.85. The van der Waals surface area contributed by atoms with Gasteiger partial charge in [-0.1, -0.05) is 182 Å². The first-order chi connectivity index (χ1) is 26.8. The van der Waals surface area contributed by atoms with Crippen molar-refractivity contribution in [1.82, 2.24) is 4.57 Å². The van der Waals surface area contributed by atoms with Crippen LogP contribution in [0.3, 0.4) is 0 Å². The molecule has 10 rings (SSSR count). The van der Waals surface area contributed by atoms with Crippen LogP contribution in [0.25, 0.3) is 71.6 Å². The number of fused-ring (bicyclic) bond motifs is 4. The number of benzene rings is 9. The van der Waals surface area contributed by atoms with Gasteiger partial charge in [0.15, 0.2) is 0 Å². The van der Waals surface area contributed by atoms with E-state index in [4.69, 9.17) is 0 Å². The summed E-state index contributed by atoms with van der Waals surface area (Å²) in [6.45, 7) is 0. The topological polar surface area (TPSA) is 8.17 Å². The number of rotatable bonds is 7. The molecule has 0 N–H and O–H groups in total. The summed E-state index contributed by atoms with van der Waals surface area (Å²) in [5, 5.41) is 4.85. The van der Waals surface area contributed by atoms with E-state index >= 15 is 0 Å². The third-order valence-corrected chi connectivity index (χ3v) is 10.6. The number of hydrogen-bond acceptors (Lipinski definition) is 1. The number of anilines is 3. The molecule has 0 aliphatic heterocycles. The van der Waals surface area contributed by atoms with Crippen LogP contribution >= 0.6 is 0 Å². The molecule has 254 valence electrons. The second kappa shape index (κ2) is 13.4. The van der Waals surface area contributed by atoms with Crippen LogP contribution in [0, 0.1) is 0 Å². The molecule has 0 aliphatic rings. The minimum atomic E-state index is 1.09. The van der Waals surface area contributed by atoms with Gasteiger partial charge in [0, 0.05) is 33.0 Å². The van der Waals surface area contributed by atoms with Gasteiger partial charge in [0.1, 0.15) is 0 Å². The van der Waals surface area contributed by atoms with E-state index in [9.17, 15) is 0 Å². The van der Waals surface area contributed by atoms with Gasteiger partial charge in [-0.25, -0.2) is 0 Å². The summed E-state index contributed by atoms with van der Waals surface area (Å²) in [6.07, 6.45) is 0. The number of para-hydroxylation sites is 2. The summed E-state index contributed by atoms with van der Waals surface area (Å²) in [5.41, 5.74) is 13.9. The molecule has 0 atom stereocenters. The predicted octanol–water partition coefficient (Wildman–Crippen LogP) is 14.4. The van der Waals surface area contributed by atoms with Crippen molar-refractivity contribution in [3.05, 3.63) is 218 Å². The van der Waals surface area contributed by atoms with Gasteiger partial charge in [-0.3, -0.25) is 0 Å². The quantitative estimate of drug-likeness (QED) is 0.162. The van der Waals surface area contributed by atoms with E-state index in [1.54, 1.807) is 0 Å². The molecule has 0 radical (unpaired) electrons. The first kappa shape index (κ1) is 31.6. The Labute approximate surface area is 315 Å². The van der Waals surface area contributed by atoms with Crippen molar-refractivity contribution >= 4 is 49.6 Å². The number of aromatic nitrogens is 1. The third kappa shape index (κ3) is 5.44. The normalized spacial score (nSPS) is 11.3. The van der Waals surface area contributed by atoms with Gasteiger partial charge in [0.2, 0.25) is 0 Å². The van der Waals surface area contributed by atoms with E-state index < -0.39 is 0 Å². The molecule has 2 heteroatoms. The summed E-state index contributed by atoms with van der Waals surface area (Å²) in [4.78, 5) is 2.45. The summed E-state index contributed by atoms with van der Waals surface area (Å²) in [7, 11) is 0. The van der Waals surface area contributed by atoms with E-state index in [2.05, 4.69) is 228 Å². The Bertz CT molecular complexity index is 2920. The lowest BCUT2D eigenvalue weighted by Crippen LogP contribution is -2.12. The Hall–Kier alpha value is -7.16. The lowest BCUT2D eigenvalue weighted by atomic mass is 9.98. The Morgan fingerprint density at radius 3 is 1.67 bits per heavy atom. The molecule has 0 amide bonds. The molecule has 0 saturated heterocycles. The molecular formula is C52H36N2. The highest BCUT2D eigenvalue weighted by Crippen LogP contribution is 2.46. The fraction of sp³-hybridized carbons (Fsp3) is 0. The smallest absolute Gasteiger partial charge is 0.0562 e. The molecule has 9 aromatic carbocycles. The second-order valence-corrected chi connectivity index (χ2v) is 13.7. The summed E-state index contributed by atoms with van der Waals surface area (Å²) >= 11 is 0. The zero-order chi connectivity index (χ0) is 35.8. The Morgan fingerprint density at radius 2 is 0.889 bits per heavy atom. The number of nitrogens with zero attached hydrogens (tertiary/aromatic N) is 2. The van der Waals surface area contributed by atoms with Gasteiger partial charge in [0.25, 0.3) is 0 Å². The van der Waals surface area contributed by atoms with E-state index in [0.29, 0.717) is 0 Å². The molecule has 0 saturated carbocycles. The van der Waals surface area contributed by atoms with Gasteiger partial charge in [-0.2, -0.15) is 0 Å². The fourth-order valence-electron chi connectivity index (χ4n) is 8.09. The van der Waals surface area contributed by atoms with Crippen LogP contribution in [0.15, 0.2) is 218 Å². The largest absolute Gasteiger partial charge is 0.309 e. The highest BCUT2D eigenvalue weighted by molar-refractivity contribution is 6.12. The van der Waals surface area contributed by atoms with Crippen LogP contribution in [-0.2, 0) is 0 Å². The third-order valence-electron chi connectivity index (χ3n) is 10.6. The van der Waals surface area contributed by atoms with Crippen LogP contribution in [-0.4, -0.2) is 4.57 Å². The standard InChI is InChI=1S/C52H36N2/c1-4-17-37(18-5-1)41-31-33-45(39-21-8-3-9-22-39)51(35-41)54-50-29-15-13-27-46(50)47-34-32-42(36-52(47)54)53(49-30-16-24-40-23-10-11-25-44(40)49)48-28-14-12-26-43(48)38-19-6-2-7-20-38/h1-36H. The second-order valence-electron chi connectivity index (χ2n) is 13.7. The van der Waals surface area contributed by atoms with E-state index in [1.165, 1.54) is 60.4 Å². The minimum absolute atomic E-state index is 1.09. The molecule has 0 fully saturated rings. The molecule has 1 heterocycles. The van der Waals surface area contributed by atoms with Crippen molar-refractivity contribution in [2.24, 2.45) is 0 Å². The molecular weight excluding hydrogens is 653 g/mol. The number of hydrogen-bond donors (Lipinski definition) is 0. The monoisotopic (exact) mass is 688 g/mol. The maximum atomic E-state index is 2.48. The van der Waals surface area contributed by atoms with Crippen LogP contribution in [0.4, 0.5) is 17.1 Å². The highest BCUT2D eigenvalue weighted by Gasteiger charge is 2.22. The Morgan fingerprint density at radius 1 is 0.315 bits per heavy atom. The maximum Gasteiger partial charge on any atom is 0.0562 e. The van der Waals surface area contributed by atoms with Gasteiger partial charge >= 0.3 is 0 Å². The first-order valence-electron chi connectivity index (χ1n) is 18.5. The molecule has 0 spiro atoms. The van der Waals surface area contributed by atoms with Gasteiger partial charge in [-0.15, -0.1) is 0 Å². The zero-order valence-corrected chi connectivity index (χ0v) is 29.7. The van der Waals surface area contributed by atoms with E-state index in [1.807, 2.05) is 0 Å². The van der Waals surface area contributed by atoms with Crippen molar-refractivity contribution in [3.63, 3.8) is 0 Å². The van der Waals surface area contributed by atoms with Gasteiger partial charge < -0.3 is 9.47 Å². The average molecular weight is 689 g/mol. The summed E-state index contributed by atoms with van der Waals surface area (Å²) in [6, 6.07) is 79.0. The Balaban J connectivity index is 1.29. The van der Waals surface area contributed by atoms with Crippen molar-refractivity contribution < 1.29 is 0 Å². The zero-order valence-electron chi connectivity index (χ0n) is 29.7. The SMILES string of the molecule is c1ccc(-c2ccc(-c3ccccc3)c(-n3c4ccccc4c4ccc(N(c5ccccc5-c5ccccc5)c5cccc6ccccc56)cc43)c2)cc1. The first-order valence-corrected chi connectivity index (χ1v) is 18.5. The molecule has 0 unspecified atom stereocenters. The molecule has 0 aliphatic carbocycles. The van der Waals surface area contributed by atoms with Crippen LogP contribution < -0.4 is 4.90 Å². The molecule has 0 bridgehead atoms. The van der Waals surface area contributed by atoms with Gasteiger partial charge in [-0.05, 0) is 64.0 Å². The minimum Gasteiger partial charge on any atom is -0.309 e. The molecule has 54 heavy (non-hydrogen) atoms. The molecule has 2 nitrogen and oxygen atoms in total. The van der Waals surface area contributed by atoms with E-state index in [0.717, 1.165) is 28.3 Å². The van der Waals surface area contributed by atoms with Crippen molar-refractivity contribution in [1.29, 1.82) is 0 Å². The predicted molar refractivity (Wildman–Crippen MR) is 229 cm³/mol. The van der Waals surface area contributed by atoms with E-state index in [-0.39, 0.29) is 0 Å². The lowest BCUT2D eigenvalue weighted by molar-refractivity contribution is 1.18. The lowest BCUT2D eigenvalue weighted by Gasteiger charge is -2.29.